The van der Waals surface area contributed by atoms with Crippen LogP contribution in [-0.2, 0) is 0 Å². The molecule has 0 saturated heterocycles. The van der Waals surface area contributed by atoms with E-state index in [-0.39, 0.29) is 15.6 Å². The molecule has 1 aromatic rings. The Balaban J connectivity index is 3.34. The average molecular weight is 178 g/mol. The first-order chi connectivity index (χ1) is 4.63. The first-order valence-electron chi connectivity index (χ1n) is 2.55. The average Bonchev–Trinajstić information content (AvgIpc) is 1.93. The lowest BCUT2D eigenvalue weighted by molar-refractivity contribution is 0.608. The number of halogens is 2. The first kappa shape index (κ1) is 7.69. The van der Waals surface area contributed by atoms with Gasteiger partial charge in [-0.2, -0.15) is 0 Å². The van der Waals surface area contributed by atoms with Crippen molar-refractivity contribution in [2.75, 3.05) is 5.73 Å². The van der Waals surface area contributed by atoms with Gasteiger partial charge in [0.15, 0.2) is 5.82 Å². The topological polar surface area (TPSA) is 26.0 Å². The van der Waals surface area contributed by atoms with Gasteiger partial charge in [0.25, 0.3) is 0 Å². The van der Waals surface area contributed by atoms with Gasteiger partial charge in [0, 0.05) is 0 Å². The number of thiol groups is 1. The highest BCUT2D eigenvalue weighted by Crippen LogP contribution is 2.26. The van der Waals surface area contributed by atoms with Gasteiger partial charge in [-0.15, -0.1) is 12.6 Å². The molecule has 0 bridgehead atoms. The summed E-state index contributed by atoms with van der Waals surface area (Å²) in [4.78, 5) is 0.0988. The molecule has 0 radical (unpaired) electrons. The van der Waals surface area contributed by atoms with Crippen molar-refractivity contribution in [3.8, 4) is 0 Å². The van der Waals surface area contributed by atoms with Crippen LogP contribution in [0, 0.1) is 5.82 Å². The Morgan fingerprint density at radius 2 is 2.10 bits per heavy atom. The largest absolute Gasteiger partial charge is 0.396 e. The molecule has 0 atom stereocenters. The van der Waals surface area contributed by atoms with E-state index in [0.717, 1.165) is 0 Å². The monoisotopic (exact) mass is 177 g/mol. The third kappa shape index (κ3) is 1.20. The molecular weight excluding hydrogens is 173 g/mol. The summed E-state index contributed by atoms with van der Waals surface area (Å²) in [6.07, 6.45) is 0. The van der Waals surface area contributed by atoms with E-state index < -0.39 is 5.82 Å². The van der Waals surface area contributed by atoms with Crippen molar-refractivity contribution in [2.24, 2.45) is 0 Å². The van der Waals surface area contributed by atoms with E-state index in [0.29, 0.717) is 0 Å². The molecule has 1 aromatic carbocycles. The Kier molecular flexibility index (Phi) is 2.06. The molecule has 0 aliphatic rings. The molecule has 2 N–H and O–H groups in total. The number of benzene rings is 1. The van der Waals surface area contributed by atoms with Crippen LogP contribution in [0.25, 0.3) is 0 Å². The summed E-state index contributed by atoms with van der Waals surface area (Å²) in [5.41, 5.74) is 5.27. The van der Waals surface area contributed by atoms with E-state index >= 15 is 0 Å². The van der Waals surface area contributed by atoms with Crippen molar-refractivity contribution < 1.29 is 4.39 Å². The highest BCUT2D eigenvalue weighted by molar-refractivity contribution is 7.80. The summed E-state index contributed by atoms with van der Waals surface area (Å²) < 4.78 is 12.7. The zero-order chi connectivity index (χ0) is 7.72. The van der Waals surface area contributed by atoms with Crippen molar-refractivity contribution >= 4 is 29.9 Å². The van der Waals surface area contributed by atoms with Crippen LogP contribution in [0.15, 0.2) is 17.0 Å². The van der Waals surface area contributed by atoms with Crippen LogP contribution in [-0.4, -0.2) is 0 Å². The summed E-state index contributed by atoms with van der Waals surface area (Å²) in [5.74, 6) is -0.559. The van der Waals surface area contributed by atoms with Crippen molar-refractivity contribution in [2.45, 2.75) is 4.90 Å². The second kappa shape index (κ2) is 2.68. The number of rotatable bonds is 0. The van der Waals surface area contributed by atoms with E-state index in [2.05, 4.69) is 12.6 Å². The number of anilines is 1. The Bertz CT molecular complexity index is 237. The predicted molar refractivity (Wildman–Crippen MR) is 43.1 cm³/mol. The molecule has 1 rings (SSSR count). The van der Waals surface area contributed by atoms with E-state index in [9.17, 15) is 4.39 Å². The summed E-state index contributed by atoms with van der Waals surface area (Å²) in [6.45, 7) is 0. The van der Waals surface area contributed by atoms with Gasteiger partial charge in [0.2, 0.25) is 0 Å². The van der Waals surface area contributed by atoms with E-state index in [1.165, 1.54) is 12.1 Å². The van der Waals surface area contributed by atoms with E-state index in [4.69, 9.17) is 17.3 Å². The van der Waals surface area contributed by atoms with E-state index in [1.54, 1.807) is 0 Å². The fraction of sp³-hybridized carbons (Fsp3) is 0. The molecule has 0 heterocycles. The normalized spacial score (nSPS) is 9.90. The van der Waals surface area contributed by atoms with Gasteiger partial charge in [0.1, 0.15) is 0 Å². The summed E-state index contributed by atoms with van der Waals surface area (Å²) in [7, 11) is 0. The van der Waals surface area contributed by atoms with Crippen LogP contribution in [0.1, 0.15) is 0 Å². The SMILES string of the molecule is Nc1ccc(Cl)c(S)c1F. The van der Waals surface area contributed by atoms with Crippen LogP contribution in [0.4, 0.5) is 10.1 Å². The molecule has 4 heteroatoms. The minimum atomic E-state index is -0.559. The molecule has 0 unspecified atom stereocenters. The Labute approximate surface area is 68.4 Å². The lowest BCUT2D eigenvalue weighted by Crippen LogP contribution is -1.91. The first-order valence-corrected chi connectivity index (χ1v) is 3.38. The zero-order valence-electron chi connectivity index (χ0n) is 4.94. The fourth-order valence-electron chi connectivity index (χ4n) is 0.557. The molecule has 0 aliphatic heterocycles. The molecule has 10 heavy (non-hydrogen) atoms. The highest BCUT2D eigenvalue weighted by atomic mass is 35.5. The molecule has 0 fully saturated rings. The van der Waals surface area contributed by atoms with Gasteiger partial charge in [-0.05, 0) is 12.1 Å². The minimum Gasteiger partial charge on any atom is -0.396 e. The Morgan fingerprint density at radius 1 is 1.50 bits per heavy atom. The van der Waals surface area contributed by atoms with Crippen LogP contribution in [0.5, 0.6) is 0 Å². The van der Waals surface area contributed by atoms with Gasteiger partial charge in [0.05, 0.1) is 15.6 Å². The summed E-state index contributed by atoms with van der Waals surface area (Å²) in [5, 5.41) is 0.273. The standard InChI is InChI=1S/C6H5ClFNS/c7-3-1-2-4(9)5(8)6(3)10/h1-2,10H,9H2. The number of nitrogen functional groups attached to an aromatic ring is 1. The van der Waals surface area contributed by atoms with Crippen LogP contribution in [0.2, 0.25) is 5.02 Å². The smallest absolute Gasteiger partial charge is 0.160 e. The maximum Gasteiger partial charge on any atom is 0.160 e. The summed E-state index contributed by atoms with van der Waals surface area (Å²) >= 11 is 9.31. The van der Waals surface area contributed by atoms with Gasteiger partial charge >= 0.3 is 0 Å². The van der Waals surface area contributed by atoms with Crippen molar-refractivity contribution in [1.29, 1.82) is 0 Å². The predicted octanol–water partition coefficient (Wildman–Crippen LogP) is 2.35. The van der Waals surface area contributed by atoms with Crippen LogP contribution < -0.4 is 5.73 Å². The number of nitrogens with two attached hydrogens (primary N) is 1. The molecule has 54 valence electrons. The third-order valence-corrected chi connectivity index (χ3v) is 1.98. The lowest BCUT2D eigenvalue weighted by atomic mass is 10.3. The van der Waals surface area contributed by atoms with Crippen molar-refractivity contribution in [3.63, 3.8) is 0 Å². The quantitative estimate of drug-likeness (QED) is 0.462. The second-order valence-corrected chi connectivity index (χ2v) is 2.65. The number of hydrogen-bond acceptors (Lipinski definition) is 2. The van der Waals surface area contributed by atoms with Gasteiger partial charge in [-0.25, -0.2) is 4.39 Å². The molecule has 0 saturated carbocycles. The number of hydrogen-bond donors (Lipinski definition) is 2. The van der Waals surface area contributed by atoms with Crippen LogP contribution >= 0.6 is 24.2 Å². The molecule has 0 spiro atoms. The summed E-state index contributed by atoms with van der Waals surface area (Å²) in [6, 6.07) is 2.90. The Morgan fingerprint density at radius 3 is 2.60 bits per heavy atom. The fourth-order valence-corrected chi connectivity index (χ4v) is 0.906. The molecule has 1 nitrogen and oxygen atoms in total. The molecule has 0 aliphatic carbocycles. The highest BCUT2D eigenvalue weighted by Gasteiger charge is 2.05. The molecular formula is C6H5ClFNS. The second-order valence-electron chi connectivity index (χ2n) is 1.80. The molecule has 0 amide bonds. The minimum absolute atomic E-state index is 0.0643. The van der Waals surface area contributed by atoms with Crippen molar-refractivity contribution in [3.05, 3.63) is 23.0 Å². The Hall–Kier alpha value is -0.410. The molecule has 0 aromatic heterocycles. The van der Waals surface area contributed by atoms with Gasteiger partial charge in [-0.1, -0.05) is 11.6 Å². The third-order valence-electron chi connectivity index (χ3n) is 1.10. The van der Waals surface area contributed by atoms with Crippen LogP contribution in [0.3, 0.4) is 0 Å². The lowest BCUT2D eigenvalue weighted by Gasteiger charge is -1.99. The van der Waals surface area contributed by atoms with Gasteiger partial charge < -0.3 is 5.73 Å². The van der Waals surface area contributed by atoms with E-state index in [1.807, 2.05) is 0 Å². The maximum atomic E-state index is 12.7. The van der Waals surface area contributed by atoms with Crippen molar-refractivity contribution in [1.82, 2.24) is 0 Å². The maximum absolute atomic E-state index is 12.7. The van der Waals surface area contributed by atoms with Gasteiger partial charge in [-0.3, -0.25) is 0 Å². The zero-order valence-corrected chi connectivity index (χ0v) is 6.59.